The monoisotopic (exact) mass is 200 g/mol. The molecule has 0 bridgehead atoms. The minimum atomic E-state index is -0.461. The summed E-state index contributed by atoms with van der Waals surface area (Å²) in [5, 5.41) is 9.93. The standard InChI is InChI=1S/C9H16N2OS/c1-6(2)7(3-10)9(12)8-4-11-5-13-8/h4-7,9,12H,3,10H2,1-2H3. The van der Waals surface area contributed by atoms with E-state index in [0.717, 1.165) is 4.88 Å². The number of thiazole rings is 1. The Bertz CT molecular complexity index is 236. The van der Waals surface area contributed by atoms with E-state index in [4.69, 9.17) is 5.73 Å². The normalized spacial score (nSPS) is 16.1. The first-order chi connectivity index (χ1) is 6.16. The van der Waals surface area contributed by atoms with Gasteiger partial charge in [0.25, 0.3) is 0 Å². The fraction of sp³-hybridized carbons (Fsp3) is 0.667. The van der Waals surface area contributed by atoms with Gasteiger partial charge in [-0.2, -0.15) is 0 Å². The Morgan fingerprint density at radius 2 is 2.31 bits per heavy atom. The zero-order valence-electron chi connectivity index (χ0n) is 7.97. The summed E-state index contributed by atoms with van der Waals surface area (Å²) >= 11 is 1.48. The molecule has 1 heterocycles. The zero-order valence-corrected chi connectivity index (χ0v) is 8.79. The van der Waals surface area contributed by atoms with Crippen LogP contribution in [0.4, 0.5) is 0 Å². The number of rotatable bonds is 4. The first kappa shape index (κ1) is 10.6. The van der Waals surface area contributed by atoms with E-state index in [1.807, 2.05) is 0 Å². The molecular weight excluding hydrogens is 184 g/mol. The SMILES string of the molecule is CC(C)C(CN)C(O)c1cncs1. The van der Waals surface area contributed by atoms with E-state index in [2.05, 4.69) is 18.8 Å². The van der Waals surface area contributed by atoms with Crippen LogP contribution in [0.25, 0.3) is 0 Å². The summed E-state index contributed by atoms with van der Waals surface area (Å²) in [4.78, 5) is 4.84. The van der Waals surface area contributed by atoms with Crippen molar-refractivity contribution in [2.24, 2.45) is 17.6 Å². The molecule has 0 aliphatic rings. The zero-order chi connectivity index (χ0) is 9.84. The molecule has 3 nitrogen and oxygen atoms in total. The Hall–Kier alpha value is -0.450. The molecule has 2 atom stereocenters. The third-order valence-corrected chi connectivity index (χ3v) is 3.12. The number of aliphatic hydroxyl groups excluding tert-OH is 1. The molecule has 2 unspecified atom stereocenters. The van der Waals surface area contributed by atoms with Crippen molar-refractivity contribution in [3.8, 4) is 0 Å². The molecule has 1 rings (SSSR count). The van der Waals surface area contributed by atoms with Gasteiger partial charge in [0.05, 0.1) is 16.5 Å². The summed E-state index contributed by atoms with van der Waals surface area (Å²) in [7, 11) is 0. The number of nitrogens with two attached hydrogens (primary N) is 1. The quantitative estimate of drug-likeness (QED) is 0.772. The maximum absolute atomic E-state index is 9.93. The number of hydrogen-bond donors (Lipinski definition) is 2. The Morgan fingerprint density at radius 1 is 1.62 bits per heavy atom. The van der Waals surface area contributed by atoms with E-state index in [9.17, 15) is 5.11 Å². The molecule has 0 amide bonds. The largest absolute Gasteiger partial charge is 0.387 e. The highest BCUT2D eigenvalue weighted by Crippen LogP contribution is 2.28. The lowest BCUT2D eigenvalue weighted by atomic mass is 9.90. The van der Waals surface area contributed by atoms with Crippen LogP contribution in [0, 0.1) is 11.8 Å². The third-order valence-electron chi connectivity index (χ3n) is 2.28. The Labute approximate surface area is 82.6 Å². The molecule has 0 aliphatic heterocycles. The van der Waals surface area contributed by atoms with E-state index in [1.165, 1.54) is 11.3 Å². The van der Waals surface area contributed by atoms with Crippen LogP contribution in [0.3, 0.4) is 0 Å². The van der Waals surface area contributed by atoms with Crippen LogP contribution < -0.4 is 5.73 Å². The van der Waals surface area contributed by atoms with E-state index < -0.39 is 6.10 Å². The molecule has 0 radical (unpaired) electrons. The van der Waals surface area contributed by atoms with Crippen LogP contribution in [-0.2, 0) is 0 Å². The molecular formula is C9H16N2OS. The predicted molar refractivity (Wildman–Crippen MR) is 54.5 cm³/mol. The number of hydrogen-bond acceptors (Lipinski definition) is 4. The lowest BCUT2D eigenvalue weighted by Gasteiger charge is -2.23. The van der Waals surface area contributed by atoms with Crippen molar-refractivity contribution in [2.45, 2.75) is 20.0 Å². The second-order valence-electron chi connectivity index (χ2n) is 3.49. The van der Waals surface area contributed by atoms with Crippen molar-refractivity contribution in [1.82, 2.24) is 4.98 Å². The summed E-state index contributed by atoms with van der Waals surface area (Å²) in [5.41, 5.74) is 7.33. The highest BCUT2D eigenvalue weighted by Gasteiger charge is 2.23. The Balaban J connectivity index is 2.70. The maximum atomic E-state index is 9.93. The van der Waals surface area contributed by atoms with Crippen LogP contribution in [0.1, 0.15) is 24.8 Å². The van der Waals surface area contributed by atoms with Gasteiger partial charge >= 0.3 is 0 Å². The molecule has 74 valence electrons. The molecule has 0 fully saturated rings. The molecule has 0 aromatic carbocycles. The van der Waals surface area contributed by atoms with Crippen LogP contribution in [0.15, 0.2) is 11.7 Å². The minimum Gasteiger partial charge on any atom is -0.387 e. The van der Waals surface area contributed by atoms with Crippen LogP contribution in [0.5, 0.6) is 0 Å². The average Bonchev–Trinajstić information content (AvgIpc) is 2.56. The highest BCUT2D eigenvalue weighted by molar-refractivity contribution is 7.09. The number of nitrogens with zero attached hydrogens (tertiary/aromatic N) is 1. The van der Waals surface area contributed by atoms with Crippen molar-refractivity contribution in [3.63, 3.8) is 0 Å². The van der Waals surface area contributed by atoms with E-state index in [-0.39, 0.29) is 5.92 Å². The van der Waals surface area contributed by atoms with Crippen molar-refractivity contribution in [1.29, 1.82) is 0 Å². The molecule has 13 heavy (non-hydrogen) atoms. The van der Waals surface area contributed by atoms with Gasteiger partial charge in [0, 0.05) is 12.1 Å². The lowest BCUT2D eigenvalue weighted by molar-refractivity contribution is 0.0890. The summed E-state index contributed by atoms with van der Waals surface area (Å²) in [6.07, 6.45) is 1.25. The summed E-state index contributed by atoms with van der Waals surface area (Å²) in [6.45, 7) is 4.65. The second kappa shape index (κ2) is 4.69. The fourth-order valence-electron chi connectivity index (χ4n) is 1.35. The third kappa shape index (κ3) is 2.49. The van der Waals surface area contributed by atoms with Gasteiger partial charge in [-0.25, -0.2) is 0 Å². The van der Waals surface area contributed by atoms with Crippen molar-refractivity contribution in [3.05, 3.63) is 16.6 Å². The molecule has 0 aliphatic carbocycles. The smallest absolute Gasteiger partial charge is 0.0940 e. The second-order valence-corrected chi connectivity index (χ2v) is 4.41. The first-order valence-electron chi connectivity index (χ1n) is 4.43. The van der Waals surface area contributed by atoms with Crippen molar-refractivity contribution < 1.29 is 5.11 Å². The molecule has 1 aromatic heterocycles. The summed E-state index contributed by atoms with van der Waals surface area (Å²) in [6, 6.07) is 0. The lowest BCUT2D eigenvalue weighted by Crippen LogP contribution is -2.26. The van der Waals surface area contributed by atoms with Gasteiger partial charge in [0.1, 0.15) is 0 Å². The van der Waals surface area contributed by atoms with Gasteiger partial charge < -0.3 is 10.8 Å². The van der Waals surface area contributed by atoms with Gasteiger partial charge in [-0.15, -0.1) is 11.3 Å². The Morgan fingerprint density at radius 3 is 2.69 bits per heavy atom. The topological polar surface area (TPSA) is 59.1 Å². The highest BCUT2D eigenvalue weighted by atomic mass is 32.1. The summed E-state index contributed by atoms with van der Waals surface area (Å²) < 4.78 is 0. The molecule has 0 saturated heterocycles. The van der Waals surface area contributed by atoms with E-state index >= 15 is 0 Å². The first-order valence-corrected chi connectivity index (χ1v) is 5.31. The number of aromatic nitrogens is 1. The fourth-order valence-corrected chi connectivity index (χ4v) is 2.03. The van der Waals surface area contributed by atoms with Gasteiger partial charge in [-0.3, -0.25) is 4.98 Å². The van der Waals surface area contributed by atoms with E-state index in [0.29, 0.717) is 12.5 Å². The number of aliphatic hydroxyl groups is 1. The predicted octanol–water partition coefficient (Wildman–Crippen LogP) is 1.41. The molecule has 3 N–H and O–H groups in total. The van der Waals surface area contributed by atoms with Gasteiger partial charge in [0.2, 0.25) is 0 Å². The molecule has 4 heteroatoms. The van der Waals surface area contributed by atoms with Crippen LogP contribution in [-0.4, -0.2) is 16.6 Å². The maximum Gasteiger partial charge on any atom is 0.0940 e. The minimum absolute atomic E-state index is 0.125. The van der Waals surface area contributed by atoms with Gasteiger partial charge in [-0.1, -0.05) is 13.8 Å². The van der Waals surface area contributed by atoms with Gasteiger partial charge in [0.15, 0.2) is 0 Å². The molecule has 0 spiro atoms. The van der Waals surface area contributed by atoms with Crippen LogP contribution in [0.2, 0.25) is 0 Å². The van der Waals surface area contributed by atoms with Gasteiger partial charge in [-0.05, 0) is 12.5 Å². The van der Waals surface area contributed by atoms with E-state index in [1.54, 1.807) is 11.7 Å². The molecule has 1 aromatic rings. The summed E-state index contributed by atoms with van der Waals surface area (Å²) in [5.74, 6) is 0.516. The van der Waals surface area contributed by atoms with Crippen molar-refractivity contribution >= 4 is 11.3 Å². The van der Waals surface area contributed by atoms with Crippen LogP contribution >= 0.6 is 11.3 Å². The Kier molecular flexibility index (Phi) is 3.84. The molecule has 0 saturated carbocycles. The average molecular weight is 200 g/mol. The van der Waals surface area contributed by atoms with Crippen molar-refractivity contribution in [2.75, 3.05) is 6.54 Å².